The molecule has 48 heavy (non-hydrogen) atoms. The Morgan fingerprint density at radius 2 is 1.62 bits per heavy atom. The van der Waals surface area contributed by atoms with E-state index < -0.39 is 13.3 Å². The minimum absolute atomic E-state index is 0. The van der Waals surface area contributed by atoms with Gasteiger partial charge in [-0.1, -0.05) is 41.3 Å². The van der Waals surface area contributed by atoms with Gasteiger partial charge in [-0.25, -0.2) is 4.98 Å². The van der Waals surface area contributed by atoms with Crippen LogP contribution in [0.4, 0.5) is 0 Å². The minimum atomic E-state index is -1.86. The van der Waals surface area contributed by atoms with E-state index in [-0.39, 0.29) is 20.1 Å². The first-order valence-electron chi connectivity index (χ1n) is 16.2. The first-order chi connectivity index (χ1) is 22.7. The molecule has 4 aromatic carbocycles. The van der Waals surface area contributed by atoms with Crippen LogP contribution in [-0.4, -0.2) is 32.8 Å². The number of aromatic nitrogens is 4. The maximum Gasteiger partial charge on any atom is 0.216 e. The van der Waals surface area contributed by atoms with Crippen molar-refractivity contribution in [2.24, 2.45) is 13.0 Å². The fourth-order valence-electron chi connectivity index (χ4n) is 6.43. The standard InChI is InChI=1S/C23H14N3O.C18H24GeN.Ir/c1-26-20-15-7-3-2-6-14(15)11-12-19(20)25-22(26)18-9-4-8-16-17-10-5-13-24-23(17)27-21(16)18;1-14(2)11-16-12-18(15-9-7-6-8-10-15)20-13-17(16)19(3,4)5;/h2-8,10-13H,1H3;6-9,12-14H,11H2,1-5H3;/q2*-1;. The molecule has 7 heteroatoms. The second-order valence-electron chi connectivity index (χ2n) is 13.6. The molecule has 0 fully saturated rings. The van der Waals surface area contributed by atoms with Crippen LogP contribution in [0.1, 0.15) is 19.4 Å². The van der Waals surface area contributed by atoms with Crippen LogP contribution >= 0.6 is 0 Å². The molecule has 0 unspecified atom stereocenters. The number of hydrogen-bond donors (Lipinski definition) is 0. The second kappa shape index (κ2) is 13.8. The van der Waals surface area contributed by atoms with E-state index in [2.05, 4.69) is 108 Å². The van der Waals surface area contributed by atoms with Gasteiger partial charge in [0.25, 0.3) is 0 Å². The summed E-state index contributed by atoms with van der Waals surface area (Å²) in [6, 6.07) is 37.4. The number of nitrogens with zero attached hydrogens (tertiary/aromatic N) is 4. The molecule has 0 aliphatic heterocycles. The maximum absolute atomic E-state index is 6.08. The van der Waals surface area contributed by atoms with E-state index in [1.54, 1.807) is 10.6 Å². The Kier molecular flexibility index (Phi) is 9.71. The number of benzene rings is 4. The summed E-state index contributed by atoms with van der Waals surface area (Å²) in [6.07, 6.45) is 5.02. The van der Waals surface area contributed by atoms with Crippen molar-refractivity contribution < 1.29 is 24.5 Å². The van der Waals surface area contributed by atoms with Gasteiger partial charge in [0.05, 0.1) is 22.4 Å². The van der Waals surface area contributed by atoms with Crippen LogP contribution in [0.3, 0.4) is 0 Å². The van der Waals surface area contributed by atoms with Crippen molar-refractivity contribution in [3.8, 4) is 22.6 Å². The molecule has 4 heterocycles. The monoisotopic (exact) mass is 869 g/mol. The van der Waals surface area contributed by atoms with Gasteiger partial charge in [-0.3, -0.25) is 4.98 Å². The molecule has 0 saturated carbocycles. The molecule has 4 aromatic heterocycles. The van der Waals surface area contributed by atoms with Gasteiger partial charge in [0.1, 0.15) is 0 Å². The van der Waals surface area contributed by atoms with Gasteiger partial charge in [0, 0.05) is 44.1 Å². The summed E-state index contributed by atoms with van der Waals surface area (Å²) in [5, 5.41) is 4.43. The number of furan rings is 1. The Bertz CT molecular complexity index is 2370. The molecule has 0 N–H and O–H groups in total. The molecule has 8 aromatic rings. The molecule has 8 rings (SSSR count). The summed E-state index contributed by atoms with van der Waals surface area (Å²) < 4.78 is 9.75. The zero-order valence-electron chi connectivity index (χ0n) is 28.1. The van der Waals surface area contributed by atoms with Gasteiger partial charge in [-0.05, 0) is 23.6 Å². The fraction of sp³-hybridized carbons (Fsp3) is 0.195. The summed E-state index contributed by atoms with van der Waals surface area (Å²) in [5.74, 6) is 8.83. The van der Waals surface area contributed by atoms with E-state index in [9.17, 15) is 0 Å². The van der Waals surface area contributed by atoms with Crippen molar-refractivity contribution in [3.05, 3.63) is 121 Å². The normalized spacial score (nSPS) is 11.6. The van der Waals surface area contributed by atoms with Crippen LogP contribution in [0.25, 0.3) is 66.5 Å². The van der Waals surface area contributed by atoms with Crippen molar-refractivity contribution >= 4 is 61.5 Å². The largest absolute Gasteiger partial charge is 0.486 e. The zero-order chi connectivity index (χ0) is 32.7. The first kappa shape index (κ1) is 33.8. The van der Waals surface area contributed by atoms with Gasteiger partial charge in [0.2, 0.25) is 5.71 Å². The molecule has 0 atom stereocenters. The van der Waals surface area contributed by atoms with Crippen LogP contribution in [0.2, 0.25) is 17.3 Å². The third-order valence-electron chi connectivity index (χ3n) is 8.60. The molecule has 0 bridgehead atoms. The average Bonchev–Trinajstić information content (AvgIpc) is 3.62. The number of rotatable bonds is 5. The van der Waals surface area contributed by atoms with E-state index >= 15 is 0 Å². The summed E-state index contributed by atoms with van der Waals surface area (Å²) >= 11 is -1.86. The Hall–Kier alpha value is -4.10. The number of pyridine rings is 2. The van der Waals surface area contributed by atoms with Gasteiger partial charge in [-0.2, -0.15) is 0 Å². The molecule has 0 saturated heterocycles. The predicted molar refractivity (Wildman–Crippen MR) is 198 cm³/mol. The number of hydrogen-bond acceptors (Lipinski definition) is 4. The molecule has 243 valence electrons. The molecule has 0 spiro atoms. The van der Waals surface area contributed by atoms with Gasteiger partial charge in [0.15, 0.2) is 0 Å². The zero-order valence-corrected chi connectivity index (χ0v) is 32.6. The van der Waals surface area contributed by atoms with Crippen molar-refractivity contribution in [2.75, 3.05) is 0 Å². The molecule has 0 amide bonds. The van der Waals surface area contributed by atoms with Gasteiger partial charge in [-0.15, -0.1) is 18.2 Å². The van der Waals surface area contributed by atoms with Gasteiger partial charge < -0.3 is 8.98 Å². The van der Waals surface area contributed by atoms with Crippen LogP contribution in [-0.2, 0) is 33.6 Å². The summed E-state index contributed by atoms with van der Waals surface area (Å²) in [7, 11) is 2.05. The Balaban J connectivity index is 0.000000172. The first-order valence-corrected chi connectivity index (χ1v) is 23.5. The van der Waals surface area contributed by atoms with Crippen molar-refractivity contribution in [2.45, 2.75) is 37.5 Å². The van der Waals surface area contributed by atoms with E-state index in [1.165, 1.54) is 16.3 Å². The minimum Gasteiger partial charge on any atom is -0.486 e. The number of fused-ring (bicyclic) bond motifs is 6. The number of imidazole rings is 1. The van der Waals surface area contributed by atoms with E-state index in [1.807, 2.05) is 49.5 Å². The molecule has 1 radical (unpaired) electrons. The Morgan fingerprint density at radius 3 is 2.40 bits per heavy atom. The maximum atomic E-state index is 6.08. The molecule has 0 aliphatic carbocycles. The van der Waals surface area contributed by atoms with E-state index in [0.717, 1.165) is 56.5 Å². The summed E-state index contributed by atoms with van der Waals surface area (Å²) in [4.78, 5) is 14.0. The van der Waals surface area contributed by atoms with Gasteiger partial charge >= 0.3 is 126 Å². The Morgan fingerprint density at radius 1 is 0.833 bits per heavy atom. The third kappa shape index (κ3) is 6.49. The Labute approximate surface area is 298 Å². The number of aryl methyl sites for hydroxylation is 1. The van der Waals surface area contributed by atoms with Crippen LogP contribution in [0.5, 0.6) is 0 Å². The smallest absolute Gasteiger partial charge is 0.216 e. The van der Waals surface area contributed by atoms with Crippen LogP contribution in [0, 0.1) is 18.1 Å². The molecular formula is C41H38GeIrN4O-2. The molecule has 5 nitrogen and oxygen atoms in total. The topological polar surface area (TPSA) is 56.7 Å². The predicted octanol–water partition coefficient (Wildman–Crippen LogP) is 9.78. The van der Waals surface area contributed by atoms with Crippen molar-refractivity contribution in [1.82, 2.24) is 19.5 Å². The average molecular weight is 868 g/mol. The molecular weight excluding hydrogens is 829 g/mol. The second-order valence-corrected chi connectivity index (χ2v) is 24.1. The SMILES string of the molecule is CC(C)Cc1cc(-c2[c-]cccc2)nc[c]1[Ge]([CH3])([CH3])[CH3].Cn1c(-c2[c-]ccc3c2oc2ncccc23)nc2ccc3ccccc3c21.[Ir]. The summed E-state index contributed by atoms with van der Waals surface area (Å²) in [6.45, 7) is 4.57. The quantitative estimate of drug-likeness (QED) is 0.128. The summed E-state index contributed by atoms with van der Waals surface area (Å²) in [5.41, 5.74) is 7.98. The van der Waals surface area contributed by atoms with Crippen molar-refractivity contribution in [3.63, 3.8) is 0 Å². The van der Waals surface area contributed by atoms with Crippen LogP contribution < -0.4 is 4.40 Å². The van der Waals surface area contributed by atoms with E-state index in [4.69, 9.17) is 14.4 Å². The van der Waals surface area contributed by atoms with E-state index in [0.29, 0.717) is 11.6 Å². The van der Waals surface area contributed by atoms with Crippen molar-refractivity contribution in [1.29, 1.82) is 0 Å². The molecule has 0 aliphatic rings. The fourth-order valence-corrected chi connectivity index (χ4v) is 9.76. The third-order valence-corrected chi connectivity index (χ3v) is 12.9. The van der Waals surface area contributed by atoms with Crippen LogP contribution in [0.15, 0.2) is 108 Å².